The van der Waals surface area contributed by atoms with E-state index in [0.29, 0.717) is 17.4 Å². The topological polar surface area (TPSA) is 72.8 Å². The van der Waals surface area contributed by atoms with Gasteiger partial charge in [-0.05, 0) is 6.07 Å². The predicted molar refractivity (Wildman–Crippen MR) is 56.3 cm³/mol. The lowest BCUT2D eigenvalue weighted by Crippen LogP contribution is -2.05. The molecular formula is C11H12O5. The largest absolute Gasteiger partial charge is 0.493 e. The maximum Gasteiger partial charge on any atom is 0.307 e. The van der Waals surface area contributed by atoms with Crippen LogP contribution in [0.3, 0.4) is 0 Å². The first-order valence-electron chi connectivity index (χ1n) is 4.54. The van der Waals surface area contributed by atoms with Crippen molar-refractivity contribution in [3.8, 4) is 11.5 Å². The molecule has 0 radical (unpaired) electrons. The molecule has 16 heavy (non-hydrogen) atoms. The zero-order valence-electron chi connectivity index (χ0n) is 9.02. The van der Waals surface area contributed by atoms with Crippen molar-refractivity contribution in [2.45, 2.75) is 6.42 Å². The molecule has 0 spiro atoms. The number of carbonyl (C=O) groups excluding carboxylic acids is 1. The minimum Gasteiger partial charge on any atom is -0.493 e. The minimum absolute atomic E-state index is 0.182. The van der Waals surface area contributed by atoms with Crippen LogP contribution in [0, 0.1) is 0 Å². The molecule has 1 aromatic carbocycles. The van der Waals surface area contributed by atoms with Gasteiger partial charge in [0.15, 0.2) is 17.8 Å². The molecule has 1 rings (SSSR count). The van der Waals surface area contributed by atoms with Gasteiger partial charge in [-0.1, -0.05) is 6.07 Å². The van der Waals surface area contributed by atoms with Crippen LogP contribution in [0.25, 0.3) is 0 Å². The van der Waals surface area contributed by atoms with Crippen LogP contribution in [0.1, 0.15) is 15.9 Å². The number of aldehydes is 1. The second kappa shape index (κ2) is 5.16. The van der Waals surface area contributed by atoms with Gasteiger partial charge in [-0.15, -0.1) is 0 Å². The van der Waals surface area contributed by atoms with Crippen molar-refractivity contribution in [3.05, 3.63) is 23.3 Å². The summed E-state index contributed by atoms with van der Waals surface area (Å²) in [6, 6.07) is 3.05. The van der Waals surface area contributed by atoms with E-state index in [1.165, 1.54) is 20.3 Å². The highest BCUT2D eigenvalue weighted by atomic mass is 16.5. The minimum atomic E-state index is -0.973. The average Bonchev–Trinajstić information content (AvgIpc) is 2.27. The molecule has 0 saturated heterocycles. The van der Waals surface area contributed by atoms with Gasteiger partial charge in [0.2, 0.25) is 0 Å². The number of carboxylic acids is 1. The van der Waals surface area contributed by atoms with Gasteiger partial charge >= 0.3 is 5.97 Å². The van der Waals surface area contributed by atoms with Crippen molar-refractivity contribution in [2.24, 2.45) is 0 Å². The number of rotatable bonds is 5. The fourth-order valence-electron chi connectivity index (χ4n) is 1.45. The maximum atomic E-state index is 10.7. The molecule has 0 aliphatic carbocycles. The van der Waals surface area contributed by atoms with E-state index in [1.54, 1.807) is 6.07 Å². The lowest BCUT2D eigenvalue weighted by atomic mass is 10.1. The highest BCUT2D eigenvalue weighted by molar-refractivity contribution is 5.83. The summed E-state index contributed by atoms with van der Waals surface area (Å²) in [6.45, 7) is 0. The fourth-order valence-corrected chi connectivity index (χ4v) is 1.45. The Morgan fingerprint density at radius 1 is 1.31 bits per heavy atom. The molecule has 0 unspecified atom stereocenters. The molecule has 0 aliphatic rings. The standard InChI is InChI=1S/C11H12O5/c1-15-10-7(5-9(13)14)3-4-8(6-12)11(10)16-2/h3-4,6H,5H2,1-2H3,(H,13,14). The summed E-state index contributed by atoms with van der Waals surface area (Å²) in [6.07, 6.45) is 0.449. The summed E-state index contributed by atoms with van der Waals surface area (Å²) in [5, 5.41) is 8.71. The van der Waals surface area contributed by atoms with Gasteiger partial charge in [-0.2, -0.15) is 0 Å². The highest BCUT2D eigenvalue weighted by Gasteiger charge is 2.16. The van der Waals surface area contributed by atoms with Crippen molar-refractivity contribution in [1.82, 2.24) is 0 Å². The van der Waals surface area contributed by atoms with E-state index in [-0.39, 0.29) is 17.9 Å². The summed E-state index contributed by atoms with van der Waals surface area (Å²) in [4.78, 5) is 21.4. The Morgan fingerprint density at radius 3 is 2.38 bits per heavy atom. The van der Waals surface area contributed by atoms with Crippen molar-refractivity contribution in [3.63, 3.8) is 0 Å². The van der Waals surface area contributed by atoms with Crippen molar-refractivity contribution < 1.29 is 24.2 Å². The molecule has 0 aromatic heterocycles. The first-order chi connectivity index (χ1) is 7.63. The van der Waals surface area contributed by atoms with Crippen molar-refractivity contribution >= 4 is 12.3 Å². The maximum absolute atomic E-state index is 10.7. The Labute approximate surface area is 92.6 Å². The number of methoxy groups -OCH3 is 2. The van der Waals surface area contributed by atoms with Gasteiger partial charge in [0, 0.05) is 5.56 Å². The molecule has 1 N–H and O–H groups in total. The molecule has 0 atom stereocenters. The molecule has 0 fully saturated rings. The van der Waals surface area contributed by atoms with Gasteiger partial charge in [0.05, 0.1) is 26.2 Å². The second-order valence-electron chi connectivity index (χ2n) is 3.07. The SMILES string of the molecule is COc1c(C=O)ccc(CC(=O)O)c1OC. The second-order valence-corrected chi connectivity index (χ2v) is 3.07. The zero-order valence-corrected chi connectivity index (χ0v) is 9.02. The number of carboxylic acid groups (broad SMARTS) is 1. The quantitative estimate of drug-likeness (QED) is 0.759. The molecule has 86 valence electrons. The lowest BCUT2D eigenvalue weighted by molar-refractivity contribution is -0.136. The fraction of sp³-hybridized carbons (Fsp3) is 0.273. The predicted octanol–water partition coefficient (Wildman–Crippen LogP) is 1.14. The summed E-state index contributed by atoms with van der Waals surface area (Å²) in [7, 11) is 2.80. The van der Waals surface area contributed by atoms with Crippen molar-refractivity contribution in [2.75, 3.05) is 14.2 Å². The number of benzene rings is 1. The third kappa shape index (κ3) is 2.31. The molecule has 5 nitrogen and oxygen atoms in total. The van der Waals surface area contributed by atoms with Gasteiger partial charge in [0.25, 0.3) is 0 Å². The van der Waals surface area contributed by atoms with E-state index in [9.17, 15) is 9.59 Å². The Bertz CT molecular complexity index is 411. The van der Waals surface area contributed by atoms with Crippen LogP contribution in [0.2, 0.25) is 0 Å². The first kappa shape index (κ1) is 12.0. The number of aliphatic carboxylic acids is 1. The molecule has 0 bridgehead atoms. The Morgan fingerprint density at radius 2 is 1.94 bits per heavy atom. The van der Waals surface area contributed by atoms with Gasteiger partial charge in [-0.25, -0.2) is 0 Å². The van der Waals surface area contributed by atoms with Gasteiger partial charge in [0.1, 0.15) is 0 Å². The monoisotopic (exact) mass is 224 g/mol. The van der Waals surface area contributed by atoms with Gasteiger partial charge < -0.3 is 14.6 Å². The Balaban J connectivity index is 3.30. The molecule has 0 saturated carbocycles. The number of hydrogen-bond donors (Lipinski definition) is 1. The zero-order chi connectivity index (χ0) is 12.1. The van der Waals surface area contributed by atoms with E-state index in [1.807, 2.05) is 0 Å². The summed E-state index contributed by atoms with van der Waals surface area (Å²) in [5.74, 6) is -0.426. The number of carbonyl (C=O) groups is 2. The molecule has 5 heteroatoms. The van der Waals surface area contributed by atoms with Crippen LogP contribution in [-0.4, -0.2) is 31.6 Å². The third-order valence-electron chi connectivity index (χ3n) is 2.10. The average molecular weight is 224 g/mol. The van der Waals surface area contributed by atoms with E-state index < -0.39 is 5.97 Å². The lowest BCUT2D eigenvalue weighted by Gasteiger charge is -2.13. The van der Waals surface area contributed by atoms with Crippen LogP contribution in [0.5, 0.6) is 11.5 Å². The molecule has 1 aromatic rings. The van der Waals surface area contributed by atoms with E-state index in [4.69, 9.17) is 14.6 Å². The number of ether oxygens (including phenoxy) is 2. The molecular weight excluding hydrogens is 212 g/mol. The van der Waals surface area contributed by atoms with Crippen LogP contribution < -0.4 is 9.47 Å². The summed E-state index contributed by atoms with van der Waals surface area (Å²) in [5.41, 5.74) is 0.797. The van der Waals surface area contributed by atoms with E-state index in [0.717, 1.165) is 0 Å². The molecule has 0 amide bonds. The summed E-state index contributed by atoms with van der Waals surface area (Å²) >= 11 is 0. The van der Waals surface area contributed by atoms with Crippen LogP contribution in [0.4, 0.5) is 0 Å². The third-order valence-corrected chi connectivity index (χ3v) is 2.10. The van der Waals surface area contributed by atoms with Crippen LogP contribution >= 0.6 is 0 Å². The van der Waals surface area contributed by atoms with E-state index >= 15 is 0 Å². The summed E-state index contributed by atoms with van der Waals surface area (Å²) < 4.78 is 10.1. The van der Waals surface area contributed by atoms with Crippen molar-refractivity contribution in [1.29, 1.82) is 0 Å². The van der Waals surface area contributed by atoms with Crippen LogP contribution in [0.15, 0.2) is 12.1 Å². The van der Waals surface area contributed by atoms with Gasteiger partial charge in [-0.3, -0.25) is 9.59 Å². The first-order valence-corrected chi connectivity index (χ1v) is 4.54. The molecule has 0 aliphatic heterocycles. The number of hydrogen-bond acceptors (Lipinski definition) is 4. The van der Waals surface area contributed by atoms with E-state index in [2.05, 4.69) is 0 Å². The molecule has 0 heterocycles. The Hall–Kier alpha value is -2.04. The highest BCUT2D eigenvalue weighted by Crippen LogP contribution is 2.34. The van der Waals surface area contributed by atoms with Crippen LogP contribution in [-0.2, 0) is 11.2 Å². The Kier molecular flexibility index (Phi) is 3.88. The smallest absolute Gasteiger partial charge is 0.307 e. The normalized spacial score (nSPS) is 9.62.